The molecule has 0 aliphatic carbocycles. The number of benzene rings is 2. The number of halogens is 3. The summed E-state index contributed by atoms with van der Waals surface area (Å²) in [5.41, 5.74) is 1.03. The highest BCUT2D eigenvalue weighted by Gasteiger charge is 2.29. The van der Waals surface area contributed by atoms with Crippen molar-refractivity contribution in [1.29, 1.82) is 0 Å². The van der Waals surface area contributed by atoms with Gasteiger partial charge in [-0.3, -0.25) is 4.68 Å². The summed E-state index contributed by atoms with van der Waals surface area (Å²) in [5.74, 6) is 0. The molecule has 0 radical (unpaired) electrons. The largest absolute Gasteiger partial charge is 0.416 e. The van der Waals surface area contributed by atoms with E-state index in [0.29, 0.717) is 12.2 Å². The van der Waals surface area contributed by atoms with Crippen LogP contribution in [0.1, 0.15) is 11.1 Å². The van der Waals surface area contributed by atoms with E-state index in [1.165, 1.54) is 18.3 Å². The van der Waals surface area contributed by atoms with Gasteiger partial charge in [-0.1, -0.05) is 30.3 Å². The van der Waals surface area contributed by atoms with Crippen LogP contribution in [-0.2, 0) is 12.7 Å². The molecule has 3 aromatic rings. The maximum absolute atomic E-state index is 12.5. The van der Waals surface area contributed by atoms with Crippen LogP contribution in [0.3, 0.4) is 0 Å². The van der Waals surface area contributed by atoms with Gasteiger partial charge in [0, 0.05) is 11.9 Å². The number of rotatable bonds is 4. The van der Waals surface area contributed by atoms with Crippen molar-refractivity contribution in [3.05, 3.63) is 78.1 Å². The van der Waals surface area contributed by atoms with E-state index in [1.54, 1.807) is 10.9 Å². The SMILES string of the molecule is O=C(Nc1ccc(C(F)(F)F)cc1)Nc1cnn(Cc2ccccc2)c1. The fourth-order valence-corrected chi connectivity index (χ4v) is 2.32. The summed E-state index contributed by atoms with van der Waals surface area (Å²) >= 11 is 0. The number of hydrogen-bond acceptors (Lipinski definition) is 2. The topological polar surface area (TPSA) is 59.0 Å². The van der Waals surface area contributed by atoms with Crippen LogP contribution in [0.2, 0.25) is 0 Å². The van der Waals surface area contributed by atoms with E-state index in [9.17, 15) is 18.0 Å². The summed E-state index contributed by atoms with van der Waals surface area (Å²) < 4.78 is 39.2. The van der Waals surface area contributed by atoms with Gasteiger partial charge in [0.15, 0.2) is 0 Å². The van der Waals surface area contributed by atoms with E-state index >= 15 is 0 Å². The summed E-state index contributed by atoms with van der Waals surface area (Å²) in [5, 5.41) is 9.22. The van der Waals surface area contributed by atoms with E-state index in [2.05, 4.69) is 15.7 Å². The van der Waals surface area contributed by atoms with Gasteiger partial charge in [-0.05, 0) is 29.8 Å². The molecule has 0 spiro atoms. The molecule has 1 aromatic heterocycles. The summed E-state index contributed by atoms with van der Waals surface area (Å²) in [6.07, 6.45) is -1.25. The van der Waals surface area contributed by atoms with E-state index < -0.39 is 17.8 Å². The molecule has 0 saturated heterocycles. The van der Waals surface area contributed by atoms with Gasteiger partial charge in [0.2, 0.25) is 0 Å². The maximum Gasteiger partial charge on any atom is 0.416 e. The van der Waals surface area contributed by atoms with Gasteiger partial charge in [-0.25, -0.2) is 4.79 Å². The number of carbonyl (C=O) groups excluding carboxylic acids is 1. The molecule has 0 unspecified atom stereocenters. The summed E-state index contributed by atoms with van der Waals surface area (Å²) in [7, 11) is 0. The van der Waals surface area contributed by atoms with Gasteiger partial charge in [0.25, 0.3) is 0 Å². The molecule has 1 heterocycles. The van der Waals surface area contributed by atoms with Gasteiger partial charge < -0.3 is 10.6 Å². The third-order valence-corrected chi connectivity index (χ3v) is 3.55. The lowest BCUT2D eigenvalue weighted by molar-refractivity contribution is -0.137. The third kappa shape index (κ3) is 4.62. The molecule has 0 saturated carbocycles. The van der Waals surface area contributed by atoms with E-state index in [4.69, 9.17) is 0 Å². The zero-order valence-electron chi connectivity index (χ0n) is 13.5. The monoisotopic (exact) mass is 360 g/mol. The Balaban J connectivity index is 1.57. The van der Waals surface area contributed by atoms with Crippen LogP contribution in [0.15, 0.2) is 67.0 Å². The van der Waals surface area contributed by atoms with Crippen molar-refractivity contribution in [2.24, 2.45) is 0 Å². The van der Waals surface area contributed by atoms with E-state index in [1.807, 2.05) is 30.3 Å². The van der Waals surface area contributed by atoms with Crippen molar-refractivity contribution in [2.45, 2.75) is 12.7 Å². The van der Waals surface area contributed by atoms with Crippen LogP contribution in [0.25, 0.3) is 0 Å². The Hall–Kier alpha value is -3.29. The standard InChI is InChI=1S/C18H15F3N4O/c19-18(20,21)14-6-8-15(9-7-14)23-17(26)24-16-10-22-25(12-16)11-13-4-2-1-3-5-13/h1-10,12H,11H2,(H2,23,24,26). The molecule has 5 nitrogen and oxygen atoms in total. The molecule has 2 aromatic carbocycles. The third-order valence-electron chi connectivity index (χ3n) is 3.55. The Labute approximate surface area is 147 Å². The van der Waals surface area contributed by atoms with Crippen molar-refractivity contribution in [1.82, 2.24) is 9.78 Å². The molecule has 134 valence electrons. The Morgan fingerprint density at radius 2 is 1.62 bits per heavy atom. The van der Waals surface area contributed by atoms with Gasteiger partial charge in [0.05, 0.1) is 24.0 Å². The second-order valence-corrected chi connectivity index (χ2v) is 5.57. The maximum atomic E-state index is 12.5. The van der Waals surface area contributed by atoms with Crippen LogP contribution < -0.4 is 10.6 Å². The second kappa shape index (κ2) is 7.30. The summed E-state index contributed by atoms with van der Waals surface area (Å²) in [6.45, 7) is 0.559. The number of alkyl halides is 3. The Kier molecular flexibility index (Phi) is 4.92. The quantitative estimate of drug-likeness (QED) is 0.715. The van der Waals surface area contributed by atoms with Crippen molar-refractivity contribution >= 4 is 17.4 Å². The fraction of sp³-hybridized carbons (Fsp3) is 0.111. The average molecular weight is 360 g/mol. The first-order valence-electron chi connectivity index (χ1n) is 7.72. The molecule has 0 atom stereocenters. The number of anilines is 2. The highest BCUT2D eigenvalue weighted by molar-refractivity contribution is 5.99. The highest BCUT2D eigenvalue weighted by atomic mass is 19.4. The van der Waals surface area contributed by atoms with Gasteiger partial charge in [-0.15, -0.1) is 0 Å². The average Bonchev–Trinajstić information content (AvgIpc) is 3.02. The molecule has 2 amide bonds. The number of amides is 2. The van der Waals surface area contributed by atoms with Crippen LogP contribution in [0.4, 0.5) is 29.3 Å². The molecule has 0 bridgehead atoms. The Bertz CT molecular complexity index is 873. The first kappa shape index (κ1) is 17.5. The van der Waals surface area contributed by atoms with Gasteiger partial charge in [-0.2, -0.15) is 18.3 Å². The molecule has 2 N–H and O–H groups in total. The van der Waals surface area contributed by atoms with Crippen molar-refractivity contribution in [3.8, 4) is 0 Å². The van der Waals surface area contributed by atoms with Crippen LogP contribution in [0.5, 0.6) is 0 Å². The molecule has 0 aliphatic rings. The normalized spacial score (nSPS) is 11.2. The number of aromatic nitrogens is 2. The van der Waals surface area contributed by atoms with Crippen molar-refractivity contribution in [2.75, 3.05) is 10.6 Å². The van der Waals surface area contributed by atoms with Gasteiger partial charge >= 0.3 is 12.2 Å². The predicted molar refractivity (Wildman–Crippen MR) is 91.9 cm³/mol. The number of hydrogen-bond donors (Lipinski definition) is 2. The Morgan fingerprint density at radius 3 is 2.27 bits per heavy atom. The number of nitrogens with one attached hydrogen (secondary N) is 2. The first-order valence-corrected chi connectivity index (χ1v) is 7.72. The lowest BCUT2D eigenvalue weighted by Gasteiger charge is -2.09. The lowest BCUT2D eigenvalue weighted by Crippen LogP contribution is -2.19. The molecule has 0 aliphatic heterocycles. The summed E-state index contributed by atoms with van der Waals surface area (Å²) in [4.78, 5) is 11.9. The lowest BCUT2D eigenvalue weighted by atomic mass is 10.2. The minimum Gasteiger partial charge on any atom is -0.308 e. The second-order valence-electron chi connectivity index (χ2n) is 5.57. The van der Waals surface area contributed by atoms with Crippen molar-refractivity contribution < 1.29 is 18.0 Å². The van der Waals surface area contributed by atoms with Crippen LogP contribution >= 0.6 is 0 Å². The van der Waals surface area contributed by atoms with Crippen LogP contribution in [0, 0.1) is 0 Å². The Morgan fingerprint density at radius 1 is 0.962 bits per heavy atom. The molecular weight excluding hydrogens is 345 g/mol. The zero-order valence-corrected chi connectivity index (χ0v) is 13.5. The first-order chi connectivity index (χ1) is 12.4. The predicted octanol–water partition coefficient (Wildman–Crippen LogP) is 4.59. The van der Waals surface area contributed by atoms with Crippen molar-refractivity contribution in [3.63, 3.8) is 0 Å². The summed E-state index contributed by atoms with van der Waals surface area (Å²) in [6, 6.07) is 13.3. The molecule has 0 fully saturated rings. The molecule has 3 rings (SSSR count). The highest BCUT2D eigenvalue weighted by Crippen LogP contribution is 2.29. The number of carbonyl (C=O) groups is 1. The van der Waals surface area contributed by atoms with E-state index in [-0.39, 0.29) is 5.69 Å². The molecular formula is C18H15F3N4O. The minimum atomic E-state index is -4.41. The van der Waals surface area contributed by atoms with Gasteiger partial charge in [0.1, 0.15) is 0 Å². The fourth-order valence-electron chi connectivity index (χ4n) is 2.32. The minimum absolute atomic E-state index is 0.257. The number of urea groups is 1. The van der Waals surface area contributed by atoms with E-state index in [0.717, 1.165) is 17.7 Å². The molecule has 26 heavy (non-hydrogen) atoms. The number of nitrogens with zero attached hydrogens (tertiary/aromatic N) is 2. The smallest absolute Gasteiger partial charge is 0.308 e. The zero-order chi connectivity index (χ0) is 18.6. The molecule has 8 heteroatoms. The van der Waals surface area contributed by atoms with Crippen LogP contribution in [-0.4, -0.2) is 15.8 Å².